The smallest absolute Gasteiger partial charge is 1.00 e. The van der Waals surface area contributed by atoms with Gasteiger partial charge >= 0.3 is 71.1 Å². The summed E-state index contributed by atoms with van der Waals surface area (Å²) in [5, 5.41) is 21.5. The minimum Gasteiger partial charge on any atom is -1.00 e. The average Bonchev–Trinajstić information content (AvgIpc) is 2.55. The van der Waals surface area contributed by atoms with Gasteiger partial charge in [0, 0.05) is 26.2 Å². The summed E-state index contributed by atoms with van der Waals surface area (Å²) in [5.74, 6) is -2.82. The molecule has 1 heterocycles. The summed E-state index contributed by atoms with van der Waals surface area (Å²) in [4.78, 5) is 23.8. The molecular weight excluding hydrogens is 382 g/mol. The molecule has 10 nitrogen and oxygen atoms in total. The Labute approximate surface area is 206 Å². The topological polar surface area (TPSA) is 127 Å². The van der Waals surface area contributed by atoms with Crippen molar-refractivity contribution in [3.05, 3.63) is 0 Å². The van der Waals surface area contributed by atoms with E-state index in [2.05, 4.69) is 5.32 Å². The fourth-order valence-electron chi connectivity index (χ4n) is 2.21. The number of carboxylic acids is 2. The van der Waals surface area contributed by atoms with Gasteiger partial charge in [-0.05, 0) is 0 Å². The van der Waals surface area contributed by atoms with Gasteiger partial charge in [0.15, 0.2) is 0 Å². The molecule has 27 heavy (non-hydrogen) atoms. The van der Waals surface area contributed by atoms with E-state index in [0.29, 0.717) is 52.7 Å². The Morgan fingerprint density at radius 3 is 1.48 bits per heavy atom. The van der Waals surface area contributed by atoms with E-state index in [1.165, 1.54) is 4.90 Å². The zero-order valence-electron chi connectivity index (χ0n) is 18.4. The van der Waals surface area contributed by atoms with Gasteiger partial charge in [-0.25, -0.2) is 9.59 Å². The van der Waals surface area contributed by atoms with Gasteiger partial charge in [-0.2, -0.15) is 0 Å². The van der Waals surface area contributed by atoms with Crippen LogP contribution in [0.4, 0.5) is 0 Å². The molecule has 3 N–H and O–H groups in total. The van der Waals surface area contributed by atoms with Crippen molar-refractivity contribution in [1.82, 2.24) is 10.2 Å². The van der Waals surface area contributed by atoms with Crippen molar-refractivity contribution >= 4 is 11.9 Å². The summed E-state index contributed by atoms with van der Waals surface area (Å²) in [6.45, 7) is 4.86. The van der Waals surface area contributed by atoms with Crippen LogP contribution in [0.3, 0.4) is 0 Å². The molecule has 150 valence electrons. The summed E-state index contributed by atoms with van der Waals surface area (Å²) in [6.07, 6.45) is 0. The maximum atomic E-state index is 11.2. The van der Waals surface area contributed by atoms with Crippen LogP contribution in [-0.4, -0.2) is 112 Å². The molecule has 0 aromatic rings. The molecule has 0 aliphatic carbocycles. The summed E-state index contributed by atoms with van der Waals surface area (Å²) >= 11 is 0. The Morgan fingerprint density at radius 2 is 1.11 bits per heavy atom. The molecule has 0 amide bonds. The SMILES string of the molecule is O=C(O)C(C(=O)O)N1CCOCCOCCNCCOCCOCC1.[H-].[H-].[Na+].[Na+]. The predicted octanol–water partition coefficient (Wildman–Crippen LogP) is -7.27. The summed E-state index contributed by atoms with van der Waals surface area (Å²) in [6, 6.07) is -1.63. The van der Waals surface area contributed by atoms with Crippen molar-refractivity contribution in [3.8, 4) is 0 Å². The number of aliphatic carboxylic acids is 2. The maximum absolute atomic E-state index is 11.2. The number of carbonyl (C=O) groups is 2. The number of nitrogens with zero attached hydrogens (tertiary/aromatic N) is 1. The number of hydrogen-bond donors (Lipinski definition) is 3. The first-order chi connectivity index (χ1) is 12.1. The van der Waals surface area contributed by atoms with E-state index < -0.39 is 18.0 Å². The van der Waals surface area contributed by atoms with Crippen LogP contribution in [0.15, 0.2) is 0 Å². The Morgan fingerprint density at radius 1 is 0.741 bits per heavy atom. The minimum atomic E-state index is -1.63. The number of ether oxygens (including phenoxy) is 4. The Balaban J connectivity index is -0.000000781. The molecule has 0 atom stereocenters. The van der Waals surface area contributed by atoms with E-state index in [1.807, 2.05) is 0 Å². The Kier molecular flexibility index (Phi) is 22.1. The summed E-state index contributed by atoms with van der Waals surface area (Å²) in [5.41, 5.74) is 0. The molecule has 1 rings (SSSR count). The first-order valence-corrected chi connectivity index (χ1v) is 8.34. The Hall–Kier alpha value is 0.700. The van der Waals surface area contributed by atoms with E-state index in [4.69, 9.17) is 29.2 Å². The molecular formula is C15H30N2Na2O8. The van der Waals surface area contributed by atoms with E-state index >= 15 is 0 Å². The number of carboxylic acid groups (broad SMARTS) is 2. The van der Waals surface area contributed by atoms with Gasteiger partial charge in [-0.3, -0.25) is 4.90 Å². The fourth-order valence-corrected chi connectivity index (χ4v) is 2.21. The van der Waals surface area contributed by atoms with E-state index in [0.717, 1.165) is 0 Å². The van der Waals surface area contributed by atoms with Crippen molar-refractivity contribution < 1.29 is 101 Å². The summed E-state index contributed by atoms with van der Waals surface area (Å²) in [7, 11) is 0. The van der Waals surface area contributed by atoms with Crippen molar-refractivity contribution in [1.29, 1.82) is 0 Å². The largest absolute Gasteiger partial charge is 1.00 e. The van der Waals surface area contributed by atoms with Gasteiger partial charge in [-0.1, -0.05) is 0 Å². The minimum absolute atomic E-state index is 0. The van der Waals surface area contributed by atoms with Gasteiger partial charge in [0.2, 0.25) is 6.04 Å². The molecule has 12 heteroatoms. The molecule has 0 spiro atoms. The fraction of sp³-hybridized carbons (Fsp3) is 0.867. The Bertz CT molecular complexity index is 371. The van der Waals surface area contributed by atoms with Gasteiger partial charge in [-0.15, -0.1) is 0 Å². The predicted molar refractivity (Wildman–Crippen MR) is 89.0 cm³/mol. The number of hydrogen-bond acceptors (Lipinski definition) is 8. The van der Waals surface area contributed by atoms with E-state index in [9.17, 15) is 9.59 Å². The molecule has 0 unspecified atom stereocenters. The van der Waals surface area contributed by atoms with Crippen LogP contribution in [0, 0.1) is 0 Å². The van der Waals surface area contributed by atoms with Crippen LogP contribution in [0.25, 0.3) is 0 Å². The third-order valence-corrected chi connectivity index (χ3v) is 3.47. The van der Waals surface area contributed by atoms with Crippen LogP contribution in [0.1, 0.15) is 2.85 Å². The zero-order chi connectivity index (χ0) is 18.3. The first kappa shape index (κ1) is 29.9. The quantitative estimate of drug-likeness (QED) is 0.304. The normalized spacial score (nSPS) is 19.7. The molecule has 0 aromatic heterocycles. The molecule has 0 saturated carbocycles. The second kappa shape index (κ2) is 20.0. The molecule has 0 bridgehead atoms. The van der Waals surface area contributed by atoms with Gasteiger partial charge < -0.3 is 37.3 Å². The number of nitrogens with one attached hydrogen (secondary N) is 1. The van der Waals surface area contributed by atoms with Crippen LogP contribution in [0.2, 0.25) is 0 Å². The van der Waals surface area contributed by atoms with Crippen molar-refractivity contribution in [2.45, 2.75) is 6.04 Å². The van der Waals surface area contributed by atoms with Crippen molar-refractivity contribution in [2.75, 3.05) is 79.0 Å². The van der Waals surface area contributed by atoms with Crippen molar-refractivity contribution in [3.63, 3.8) is 0 Å². The van der Waals surface area contributed by atoms with Gasteiger partial charge in [0.25, 0.3) is 0 Å². The van der Waals surface area contributed by atoms with Crippen LogP contribution < -0.4 is 64.4 Å². The van der Waals surface area contributed by atoms with Gasteiger partial charge in [0.1, 0.15) is 0 Å². The van der Waals surface area contributed by atoms with Crippen LogP contribution >= 0.6 is 0 Å². The standard InChI is InChI=1S/C15H28N2O8.2Na.2H/c18-14(19)13(15(20)21)17-3-7-24-11-9-22-5-1-16-2-6-23-10-12-25-8-4-17;;;;/h13,16H,1-12H2,(H,18,19)(H,20,21);;;;/q;2*+1;2*-1. The molecule has 0 radical (unpaired) electrons. The second-order valence-electron chi connectivity index (χ2n) is 5.31. The van der Waals surface area contributed by atoms with Crippen molar-refractivity contribution in [2.24, 2.45) is 0 Å². The zero-order valence-corrected chi connectivity index (χ0v) is 20.4. The molecule has 1 aliphatic heterocycles. The van der Waals surface area contributed by atoms with E-state index in [-0.39, 0.29) is 88.3 Å². The van der Waals surface area contributed by atoms with E-state index in [1.54, 1.807) is 0 Å². The first-order valence-electron chi connectivity index (χ1n) is 8.34. The molecule has 1 fully saturated rings. The van der Waals surface area contributed by atoms with Crippen LogP contribution in [-0.2, 0) is 28.5 Å². The third-order valence-electron chi connectivity index (χ3n) is 3.47. The number of rotatable bonds is 3. The average molecular weight is 412 g/mol. The van der Waals surface area contributed by atoms with Gasteiger partial charge in [0.05, 0.1) is 52.9 Å². The van der Waals surface area contributed by atoms with Crippen LogP contribution in [0.5, 0.6) is 0 Å². The molecule has 1 saturated heterocycles. The molecule has 1 aliphatic rings. The monoisotopic (exact) mass is 412 g/mol. The maximum Gasteiger partial charge on any atom is 1.00 e. The second-order valence-corrected chi connectivity index (χ2v) is 5.31. The summed E-state index contributed by atoms with van der Waals surface area (Å²) < 4.78 is 21.5. The molecule has 0 aromatic carbocycles. The third kappa shape index (κ3) is 15.2.